The van der Waals surface area contributed by atoms with Crippen LogP contribution in [-0.2, 0) is 4.74 Å². The first kappa shape index (κ1) is 18.1. The van der Waals surface area contributed by atoms with Gasteiger partial charge >= 0.3 is 0 Å². The van der Waals surface area contributed by atoms with Crippen LogP contribution in [-0.4, -0.2) is 40.3 Å². The molecule has 2 aromatic carbocycles. The maximum atomic E-state index is 5.87. The number of ether oxygens (including phenoxy) is 2. The van der Waals surface area contributed by atoms with Gasteiger partial charge < -0.3 is 9.47 Å². The first-order chi connectivity index (χ1) is 13.3. The molecule has 0 amide bonds. The predicted octanol–water partition coefficient (Wildman–Crippen LogP) is 4.60. The minimum Gasteiger partial charge on any atom is -0.497 e. The summed E-state index contributed by atoms with van der Waals surface area (Å²) < 4.78 is 13.3. The second-order valence-corrected chi connectivity index (χ2v) is 7.49. The van der Waals surface area contributed by atoms with E-state index in [4.69, 9.17) is 9.47 Å². The lowest BCUT2D eigenvalue weighted by atomic mass is 10.1. The third-order valence-corrected chi connectivity index (χ3v) is 5.73. The molecule has 1 unspecified atom stereocenters. The zero-order valence-corrected chi connectivity index (χ0v) is 16.2. The van der Waals surface area contributed by atoms with Gasteiger partial charge in [0.05, 0.1) is 13.2 Å². The molecule has 1 saturated heterocycles. The van der Waals surface area contributed by atoms with E-state index in [2.05, 4.69) is 26.9 Å². The van der Waals surface area contributed by atoms with Gasteiger partial charge in [-0.05, 0) is 43.5 Å². The van der Waals surface area contributed by atoms with E-state index in [0.29, 0.717) is 6.10 Å². The van der Waals surface area contributed by atoms with Crippen LogP contribution >= 0.6 is 11.8 Å². The Morgan fingerprint density at radius 2 is 1.89 bits per heavy atom. The van der Waals surface area contributed by atoms with E-state index in [1.807, 2.05) is 42.5 Å². The maximum absolute atomic E-state index is 5.87. The normalized spacial score (nSPS) is 17.0. The minimum atomic E-state index is 0.296. The van der Waals surface area contributed by atoms with E-state index < -0.39 is 0 Å². The molecule has 3 aromatic rings. The third-order valence-electron chi connectivity index (χ3n) is 4.67. The van der Waals surface area contributed by atoms with E-state index >= 15 is 0 Å². The Bertz CT molecular complexity index is 859. The van der Waals surface area contributed by atoms with Crippen molar-refractivity contribution in [3.63, 3.8) is 0 Å². The van der Waals surface area contributed by atoms with Crippen molar-refractivity contribution in [1.29, 1.82) is 0 Å². The fraction of sp³-hybridized carbons (Fsp3) is 0.333. The molecule has 140 valence electrons. The van der Waals surface area contributed by atoms with Gasteiger partial charge in [-0.25, -0.2) is 0 Å². The molecule has 0 bridgehead atoms. The first-order valence-corrected chi connectivity index (χ1v) is 10.2. The van der Waals surface area contributed by atoms with Crippen LogP contribution in [0, 0.1) is 0 Å². The van der Waals surface area contributed by atoms with Crippen LogP contribution in [0.1, 0.15) is 19.3 Å². The number of nitrogens with zero attached hydrogens (tertiary/aromatic N) is 3. The van der Waals surface area contributed by atoms with Crippen molar-refractivity contribution < 1.29 is 9.47 Å². The lowest BCUT2D eigenvalue weighted by Crippen LogP contribution is -2.21. The van der Waals surface area contributed by atoms with Crippen LogP contribution in [0.3, 0.4) is 0 Å². The number of hydrogen-bond donors (Lipinski definition) is 0. The zero-order valence-electron chi connectivity index (χ0n) is 15.4. The fourth-order valence-corrected chi connectivity index (χ4v) is 4.23. The summed E-state index contributed by atoms with van der Waals surface area (Å²) in [5.74, 6) is 2.56. The molecule has 0 spiro atoms. The molecule has 0 aliphatic carbocycles. The standard InChI is InChI=1S/C21H23N3O2S/c1-25-18-12-10-17(11-13-18)24-20(16-7-3-2-4-8-16)22-23-21(24)27-15-19-9-5-6-14-26-19/h2-4,7-8,10-13,19H,5-6,9,14-15H2,1H3. The highest BCUT2D eigenvalue weighted by molar-refractivity contribution is 7.99. The smallest absolute Gasteiger partial charge is 0.196 e. The van der Waals surface area contributed by atoms with Gasteiger partial charge in [-0.15, -0.1) is 10.2 Å². The van der Waals surface area contributed by atoms with Crippen LogP contribution in [0.2, 0.25) is 0 Å². The molecule has 0 saturated carbocycles. The fourth-order valence-electron chi connectivity index (χ4n) is 3.21. The quantitative estimate of drug-likeness (QED) is 0.584. The summed E-state index contributed by atoms with van der Waals surface area (Å²) in [5, 5.41) is 9.86. The molecule has 1 aromatic heterocycles. The van der Waals surface area contributed by atoms with Crippen LogP contribution < -0.4 is 4.74 Å². The van der Waals surface area contributed by atoms with Crippen molar-refractivity contribution in [3.05, 3.63) is 54.6 Å². The zero-order chi connectivity index (χ0) is 18.5. The molecular weight excluding hydrogens is 358 g/mol. The van der Waals surface area contributed by atoms with Crippen molar-refractivity contribution in [3.8, 4) is 22.8 Å². The summed E-state index contributed by atoms with van der Waals surface area (Å²) in [6, 6.07) is 18.2. The SMILES string of the molecule is COc1ccc(-n2c(SCC3CCCCO3)nnc2-c2ccccc2)cc1. The number of methoxy groups -OCH3 is 1. The summed E-state index contributed by atoms with van der Waals surface area (Å²) in [7, 11) is 1.68. The average Bonchev–Trinajstić information content (AvgIpc) is 3.17. The lowest BCUT2D eigenvalue weighted by Gasteiger charge is -2.22. The Morgan fingerprint density at radius 1 is 1.07 bits per heavy atom. The molecule has 0 N–H and O–H groups in total. The largest absolute Gasteiger partial charge is 0.497 e. The Hall–Kier alpha value is -2.31. The molecule has 5 nitrogen and oxygen atoms in total. The maximum Gasteiger partial charge on any atom is 0.196 e. The van der Waals surface area contributed by atoms with Gasteiger partial charge in [0.15, 0.2) is 11.0 Å². The second kappa shape index (κ2) is 8.59. The van der Waals surface area contributed by atoms with E-state index in [-0.39, 0.29) is 0 Å². The summed E-state index contributed by atoms with van der Waals surface area (Å²) in [5.41, 5.74) is 2.06. The summed E-state index contributed by atoms with van der Waals surface area (Å²) in [6.45, 7) is 0.867. The Balaban J connectivity index is 1.66. The van der Waals surface area contributed by atoms with Crippen LogP contribution in [0.5, 0.6) is 5.75 Å². The number of thioether (sulfide) groups is 1. The predicted molar refractivity (Wildman–Crippen MR) is 108 cm³/mol. The number of benzene rings is 2. The molecule has 1 aliphatic heterocycles. The van der Waals surface area contributed by atoms with Crippen molar-refractivity contribution >= 4 is 11.8 Å². The van der Waals surface area contributed by atoms with E-state index in [9.17, 15) is 0 Å². The number of hydrogen-bond acceptors (Lipinski definition) is 5. The number of aromatic nitrogens is 3. The van der Waals surface area contributed by atoms with Gasteiger partial charge in [0, 0.05) is 23.6 Å². The van der Waals surface area contributed by atoms with E-state index in [1.54, 1.807) is 18.9 Å². The average molecular weight is 382 g/mol. The van der Waals surface area contributed by atoms with E-state index in [1.165, 1.54) is 12.8 Å². The Morgan fingerprint density at radius 3 is 2.59 bits per heavy atom. The van der Waals surface area contributed by atoms with Gasteiger partial charge in [0.1, 0.15) is 5.75 Å². The highest BCUT2D eigenvalue weighted by Gasteiger charge is 2.19. The summed E-state index contributed by atoms with van der Waals surface area (Å²) >= 11 is 1.71. The molecule has 1 atom stereocenters. The third kappa shape index (κ3) is 4.17. The van der Waals surface area contributed by atoms with Gasteiger partial charge in [-0.3, -0.25) is 4.57 Å². The number of rotatable bonds is 6. The highest BCUT2D eigenvalue weighted by Crippen LogP contribution is 2.30. The first-order valence-electron chi connectivity index (χ1n) is 9.25. The van der Waals surface area contributed by atoms with E-state index in [0.717, 1.165) is 46.8 Å². The molecule has 1 fully saturated rings. The second-order valence-electron chi connectivity index (χ2n) is 6.51. The van der Waals surface area contributed by atoms with Crippen molar-refractivity contribution in [2.24, 2.45) is 0 Å². The molecular formula is C21H23N3O2S. The van der Waals surface area contributed by atoms with Crippen LogP contribution in [0.15, 0.2) is 59.8 Å². The topological polar surface area (TPSA) is 49.2 Å². The Labute approximate surface area is 163 Å². The van der Waals surface area contributed by atoms with Crippen LogP contribution in [0.4, 0.5) is 0 Å². The molecule has 27 heavy (non-hydrogen) atoms. The van der Waals surface area contributed by atoms with Gasteiger partial charge in [0.25, 0.3) is 0 Å². The van der Waals surface area contributed by atoms with Crippen molar-refractivity contribution in [1.82, 2.24) is 14.8 Å². The minimum absolute atomic E-state index is 0.296. The molecule has 4 rings (SSSR count). The van der Waals surface area contributed by atoms with Crippen molar-refractivity contribution in [2.75, 3.05) is 19.5 Å². The van der Waals surface area contributed by atoms with Gasteiger partial charge in [-0.1, -0.05) is 42.1 Å². The van der Waals surface area contributed by atoms with Crippen molar-refractivity contribution in [2.45, 2.75) is 30.5 Å². The summed E-state index contributed by atoms with van der Waals surface area (Å²) in [6.07, 6.45) is 3.83. The van der Waals surface area contributed by atoms with Gasteiger partial charge in [0.2, 0.25) is 0 Å². The van der Waals surface area contributed by atoms with Gasteiger partial charge in [-0.2, -0.15) is 0 Å². The molecule has 1 aliphatic rings. The Kier molecular flexibility index (Phi) is 5.75. The molecule has 2 heterocycles. The monoisotopic (exact) mass is 381 g/mol. The lowest BCUT2D eigenvalue weighted by molar-refractivity contribution is 0.0315. The molecule has 6 heteroatoms. The summed E-state index contributed by atoms with van der Waals surface area (Å²) in [4.78, 5) is 0. The van der Waals surface area contributed by atoms with Crippen LogP contribution in [0.25, 0.3) is 17.1 Å². The highest BCUT2D eigenvalue weighted by atomic mass is 32.2. The molecule has 0 radical (unpaired) electrons.